The first kappa shape index (κ1) is 15.7. The van der Waals surface area contributed by atoms with Crippen molar-refractivity contribution in [3.63, 3.8) is 0 Å². The minimum atomic E-state index is -0.178. The Bertz CT molecular complexity index is 374. The first-order chi connectivity index (χ1) is 7.04. The molecule has 0 aliphatic rings. The Morgan fingerprint density at radius 2 is 2.25 bits per heavy atom. The number of benzene rings is 1. The summed E-state index contributed by atoms with van der Waals surface area (Å²) in [6.45, 7) is 2.25. The normalized spacial score (nSPS) is 11.5. The number of halogens is 3. The number of nitrogens with one attached hydrogen (secondary N) is 1. The first-order valence-electron chi connectivity index (χ1n) is 4.50. The van der Waals surface area contributed by atoms with E-state index in [-0.39, 0.29) is 24.4 Å². The highest BCUT2D eigenvalue weighted by Gasteiger charge is 2.12. The molecule has 16 heavy (non-hydrogen) atoms. The Labute approximate surface area is 114 Å². The highest BCUT2D eigenvalue weighted by Crippen LogP contribution is 2.21. The number of nitrogens with two attached hydrogens (primary N) is 1. The lowest BCUT2D eigenvalue weighted by atomic mass is 10.2. The molecule has 0 heterocycles. The molecule has 0 aromatic heterocycles. The van der Waals surface area contributed by atoms with E-state index in [4.69, 9.17) is 17.3 Å². The van der Waals surface area contributed by atoms with Crippen molar-refractivity contribution in [1.82, 2.24) is 5.32 Å². The van der Waals surface area contributed by atoms with Crippen LogP contribution in [0.25, 0.3) is 0 Å². The number of hydrogen-bond donors (Lipinski definition) is 2. The minimum Gasteiger partial charge on any atom is -0.348 e. The van der Waals surface area contributed by atoms with Gasteiger partial charge in [-0.25, -0.2) is 0 Å². The monoisotopic (exact) mass is 326 g/mol. The van der Waals surface area contributed by atoms with E-state index in [1.54, 1.807) is 18.2 Å². The summed E-state index contributed by atoms with van der Waals surface area (Å²) in [5.74, 6) is -0.178. The molecule has 1 atom stereocenters. The van der Waals surface area contributed by atoms with Crippen LogP contribution < -0.4 is 11.1 Å². The van der Waals surface area contributed by atoms with E-state index >= 15 is 0 Å². The second kappa shape index (κ2) is 7.12. The van der Waals surface area contributed by atoms with E-state index in [1.807, 2.05) is 6.92 Å². The zero-order chi connectivity index (χ0) is 11.4. The summed E-state index contributed by atoms with van der Waals surface area (Å²) in [4.78, 5) is 11.7. The van der Waals surface area contributed by atoms with Gasteiger partial charge in [-0.05, 0) is 41.1 Å². The maximum absolute atomic E-state index is 11.7. The van der Waals surface area contributed by atoms with Crippen LogP contribution in [0, 0.1) is 0 Å². The van der Waals surface area contributed by atoms with Gasteiger partial charge in [-0.3, -0.25) is 4.79 Å². The number of carbonyl (C=O) groups is 1. The maximum atomic E-state index is 11.7. The molecular weight excluding hydrogens is 315 g/mol. The molecule has 0 aliphatic carbocycles. The standard InChI is InChI=1S/C10H12BrClN2O.ClH/c1-6(5-13)14-10(15)8-4-7(12)2-3-9(8)11;/h2-4,6H,5,13H2,1H3,(H,14,15);1H/t6-;/m1./s1. The van der Waals surface area contributed by atoms with E-state index in [0.717, 1.165) is 0 Å². The third kappa shape index (κ3) is 4.29. The molecule has 1 amide bonds. The molecule has 0 unspecified atom stereocenters. The van der Waals surface area contributed by atoms with E-state index in [1.165, 1.54) is 0 Å². The van der Waals surface area contributed by atoms with Crippen molar-refractivity contribution in [2.75, 3.05) is 6.54 Å². The highest BCUT2D eigenvalue weighted by molar-refractivity contribution is 9.10. The van der Waals surface area contributed by atoms with Crippen LogP contribution in [0.15, 0.2) is 22.7 Å². The van der Waals surface area contributed by atoms with Crippen LogP contribution in [-0.4, -0.2) is 18.5 Å². The van der Waals surface area contributed by atoms with Crippen LogP contribution in [-0.2, 0) is 0 Å². The molecule has 0 aliphatic heterocycles. The third-order valence-corrected chi connectivity index (χ3v) is 2.83. The van der Waals surface area contributed by atoms with Crippen LogP contribution in [0.2, 0.25) is 5.02 Å². The van der Waals surface area contributed by atoms with Crippen LogP contribution >= 0.6 is 39.9 Å². The van der Waals surface area contributed by atoms with Gasteiger partial charge >= 0.3 is 0 Å². The molecule has 90 valence electrons. The van der Waals surface area contributed by atoms with Gasteiger partial charge in [0.05, 0.1) is 5.56 Å². The fourth-order valence-electron chi connectivity index (χ4n) is 1.03. The van der Waals surface area contributed by atoms with Crippen LogP contribution in [0.4, 0.5) is 0 Å². The lowest BCUT2D eigenvalue weighted by molar-refractivity contribution is 0.0940. The molecule has 0 fully saturated rings. The molecule has 6 heteroatoms. The zero-order valence-corrected chi connectivity index (χ0v) is 11.8. The summed E-state index contributed by atoms with van der Waals surface area (Å²) in [6.07, 6.45) is 0. The first-order valence-corrected chi connectivity index (χ1v) is 5.67. The molecule has 0 bridgehead atoms. The second-order valence-corrected chi connectivity index (χ2v) is 4.53. The van der Waals surface area contributed by atoms with Crippen molar-refractivity contribution < 1.29 is 4.79 Å². The fourth-order valence-corrected chi connectivity index (χ4v) is 1.63. The van der Waals surface area contributed by atoms with Gasteiger partial charge in [0.2, 0.25) is 0 Å². The summed E-state index contributed by atoms with van der Waals surface area (Å²) in [7, 11) is 0. The van der Waals surface area contributed by atoms with E-state index in [9.17, 15) is 4.79 Å². The molecule has 1 aromatic carbocycles. The van der Waals surface area contributed by atoms with Crippen LogP contribution in [0.1, 0.15) is 17.3 Å². The van der Waals surface area contributed by atoms with Crippen molar-refractivity contribution in [2.45, 2.75) is 13.0 Å². The topological polar surface area (TPSA) is 55.1 Å². The number of rotatable bonds is 3. The number of hydrogen-bond acceptors (Lipinski definition) is 2. The van der Waals surface area contributed by atoms with Gasteiger partial charge in [0.1, 0.15) is 0 Å². The van der Waals surface area contributed by atoms with Gasteiger partial charge in [-0.2, -0.15) is 0 Å². The summed E-state index contributed by atoms with van der Waals surface area (Å²) in [6, 6.07) is 5.02. The summed E-state index contributed by atoms with van der Waals surface area (Å²) in [5, 5.41) is 3.29. The van der Waals surface area contributed by atoms with E-state index in [0.29, 0.717) is 21.6 Å². The molecular formula is C10H13BrCl2N2O. The van der Waals surface area contributed by atoms with E-state index in [2.05, 4.69) is 21.2 Å². The second-order valence-electron chi connectivity index (χ2n) is 3.23. The average molecular weight is 328 g/mol. The quantitative estimate of drug-likeness (QED) is 0.896. The Hall–Kier alpha value is -0.290. The third-order valence-electron chi connectivity index (χ3n) is 1.90. The maximum Gasteiger partial charge on any atom is 0.252 e. The van der Waals surface area contributed by atoms with Gasteiger partial charge < -0.3 is 11.1 Å². The molecule has 0 saturated carbocycles. The van der Waals surface area contributed by atoms with Gasteiger partial charge in [0.15, 0.2) is 0 Å². The van der Waals surface area contributed by atoms with Crippen molar-refractivity contribution in [1.29, 1.82) is 0 Å². The predicted molar refractivity (Wildman–Crippen MR) is 72.4 cm³/mol. The molecule has 1 rings (SSSR count). The smallest absolute Gasteiger partial charge is 0.252 e. The average Bonchev–Trinajstić information content (AvgIpc) is 2.21. The highest BCUT2D eigenvalue weighted by atomic mass is 79.9. The molecule has 3 N–H and O–H groups in total. The van der Waals surface area contributed by atoms with Crippen molar-refractivity contribution >= 4 is 45.8 Å². The summed E-state index contributed by atoms with van der Waals surface area (Å²) < 4.78 is 0.716. The Morgan fingerprint density at radius 1 is 1.62 bits per heavy atom. The molecule has 0 radical (unpaired) electrons. The minimum absolute atomic E-state index is 0. The number of carbonyl (C=O) groups excluding carboxylic acids is 1. The van der Waals surface area contributed by atoms with Crippen LogP contribution in [0.5, 0.6) is 0 Å². The molecule has 0 saturated heterocycles. The lowest BCUT2D eigenvalue weighted by Gasteiger charge is -2.12. The lowest BCUT2D eigenvalue weighted by Crippen LogP contribution is -2.37. The zero-order valence-electron chi connectivity index (χ0n) is 8.67. The van der Waals surface area contributed by atoms with Crippen molar-refractivity contribution in [3.05, 3.63) is 33.3 Å². The van der Waals surface area contributed by atoms with Gasteiger partial charge in [0.25, 0.3) is 5.91 Å². The Balaban J connectivity index is 0.00000225. The predicted octanol–water partition coefficient (Wildman–Crippen LogP) is 2.60. The Kier molecular flexibility index (Phi) is 6.99. The largest absolute Gasteiger partial charge is 0.348 e. The SMILES string of the molecule is C[C@H](CN)NC(=O)c1cc(Cl)ccc1Br.Cl. The van der Waals surface area contributed by atoms with Crippen molar-refractivity contribution in [2.24, 2.45) is 5.73 Å². The molecule has 0 spiro atoms. The van der Waals surface area contributed by atoms with Gasteiger partial charge in [0, 0.05) is 22.1 Å². The Morgan fingerprint density at radius 3 is 2.81 bits per heavy atom. The fraction of sp³-hybridized carbons (Fsp3) is 0.300. The summed E-state index contributed by atoms with van der Waals surface area (Å²) >= 11 is 9.10. The van der Waals surface area contributed by atoms with Crippen LogP contribution in [0.3, 0.4) is 0 Å². The van der Waals surface area contributed by atoms with Gasteiger partial charge in [-0.1, -0.05) is 11.6 Å². The van der Waals surface area contributed by atoms with Crippen molar-refractivity contribution in [3.8, 4) is 0 Å². The molecule has 1 aromatic rings. The van der Waals surface area contributed by atoms with E-state index < -0.39 is 0 Å². The van der Waals surface area contributed by atoms with Gasteiger partial charge in [-0.15, -0.1) is 12.4 Å². The molecule has 3 nitrogen and oxygen atoms in total. The summed E-state index contributed by atoms with van der Waals surface area (Å²) in [5.41, 5.74) is 5.93. The number of amides is 1.